The first-order valence-corrected chi connectivity index (χ1v) is 10.4. The molecule has 0 aliphatic heterocycles. The summed E-state index contributed by atoms with van der Waals surface area (Å²) in [5, 5.41) is 0. The van der Waals surface area contributed by atoms with Crippen LogP contribution >= 0.6 is 0 Å². The molecule has 0 atom stereocenters. The Hall–Kier alpha value is -3.68. The Balaban J connectivity index is 1.80. The minimum atomic E-state index is -0.568. The van der Waals surface area contributed by atoms with Gasteiger partial charge in [0.15, 0.2) is 0 Å². The summed E-state index contributed by atoms with van der Waals surface area (Å²) in [7, 11) is 0. The maximum atomic E-state index is 12.1. The summed E-state index contributed by atoms with van der Waals surface area (Å²) in [6.07, 6.45) is 0.887. The fourth-order valence-electron chi connectivity index (χ4n) is 2.75. The van der Waals surface area contributed by atoms with Gasteiger partial charge in [-0.05, 0) is 51.0 Å². The summed E-state index contributed by atoms with van der Waals surface area (Å²) >= 11 is 0. The third-order valence-corrected chi connectivity index (χ3v) is 4.22. The van der Waals surface area contributed by atoms with E-state index in [9.17, 15) is 19.2 Å². The van der Waals surface area contributed by atoms with E-state index in [-0.39, 0.29) is 48.7 Å². The number of benzene rings is 2. The van der Waals surface area contributed by atoms with E-state index in [0.717, 1.165) is 0 Å². The van der Waals surface area contributed by atoms with Crippen molar-refractivity contribution in [2.24, 2.45) is 0 Å². The van der Waals surface area contributed by atoms with E-state index in [2.05, 4.69) is 0 Å². The molecule has 0 unspecified atom stereocenters. The lowest BCUT2D eigenvalue weighted by Gasteiger charge is -2.10. The molecule has 0 aromatic heterocycles. The van der Waals surface area contributed by atoms with Crippen LogP contribution in [0.3, 0.4) is 0 Å². The number of para-hydroxylation sites is 2. The highest BCUT2D eigenvalue weighted by Gasteiger charge is 2.17. The molecule has 2 aromatic rings. The van der Waals surface area contributed by atoms with Gasteiger partial charge in [0, 0.05) is 12.8 Å². The van der Waals surface area contributed by atoms with Gasteiger partial charge in [-0.2, -0.15) is 0 Å². The Kier molecular flexibility index (Phi) is 9.90. The highest BCUT2D eigenvalue weighted by Crippen LogP contribution is 2.21. The molecule has 0 fully saturated rings. The highest BCUT2D eigenvalue weighted by atomic mass is 16.6. The molecular weight excluding hydrogens is 416 g/mol. The van der Waals surface area contributed by atoms with Crippen LogP contribution in [0.25, 0.3) is 0 Å². The molecule has 0 aliphatic rings. The number of rotatable bonds is 11. The third-order valence-electron chi connectivity index (χ3n) is 4.22. The summed E-state index contributed by atoms with van der Waals surface area (Å²) in [6, 6.07) is 12.7. The number of hydrogen-bond donors (Lipinski definition) is 0. The summed E-state index contributed by atoms with van der Waals surface area (Å²) in [5.41, 5.74) is 0.345. The minimum Gasteiger partial charge on any atom is -0.462 e. The number of ether oxygens (including phenoxy) is 4. The van der Waals surface area contributed by atoms with E-state index >= 15 is 0 Å². The fraction of sp³-hybridized carbons (Fsp3) is 0.333. The molecule has 8 nitrogen and oxygen atoms in total. The van der Waals surface area contributed by atoms with Crippen LogP contribution in [-0.4, -0.2) is 37.1 Å². The van der Waals surface area contributed by atoms with Gasteiger partial charge in [0.1, 0.15) is 22.6 Å². The molecule has 0 bridgehead atoms. The van der Waals surface area contributed by atoms with Gasteiger partial charge in [0.05, 0.1) is 13.2 Å². The third kappa shape index (κ3) is 7.54. The monoisotopic (exact) mass is 442 g/mol. The van der Waals surface area contributed by atoms with Crippen molar-refractivity contribution in [2.45, 2.75) is 39.5 Å². The maximum absolute atomic E-state index is 12.1. The molecule has 0 radical (unpaired) electrons. The number of hydrogen-bond acceptors (Lipinski definition) is 8. The first-order chi connectivity index (χ1) is 15.5. The second-order valence-electron chi connectivity index (χ2n) is 6.59. The summed E-state index contributed by atoms with van der Waals surface area (Å²) in [4.78, 5) is 48.1. The average molecular weight is 442 g/mol. The van der Waals surface area contributed by atoms with Gasteiger partial charge < -0.3 is 18.9 Å². The lowest BCUT2D eigenvalue weighted by molar-refractivity contribution is -0.136. The maximum Gasteiger partial charge on any atom is 0.341 e. The normalized spacial score (nSPS) is 10.2. The van der Waals surface area contributed by atoms with Crippen molar-refractivity contribution in [1.29, 1.82) is 0 Å². The van der Waals surface area contributed by atoms with Gasteiger partial charge in [0.2, 0.25) is 0 Å². The van der Waals surface area contributed by atoms with Gasteiger partial charge in [-0.15, -0.1) is 0 Å². The van der Waals surface area contributed by atoms with Crippen molar-refractivity contribution >= 4 is 23.9 Å². The van der Waals surface area contributed by atoms with Gasteiger partial charge in [-0.3, -0.25) is 9.59 Å². The van der Waals surface area contributed by atoms with Crippen molar-refractivity contribution < 1.29 is 38.1 Å². The van der Waals surface area contributed by atoms with Crippen molar-refractivity contribution in [2.75, 3.05) is 13.2 Å². The molecule has 170 valence electrons. The van der Waals surface area contributed by atoms with Crippen LogP contribution in [0.5, 0.6) is 11.5 Å². The topological polar surface area (TPSA) is 105 Å². The smallest absolute Gasteiger partial charge is 0.341 e. The lowest BCUT2D eigenvalue weighted by Crippen LogP contribution is -2.14. The van der Waals surface area contributed by atoms with Crippen LogP contribution in [0.1, 0.15) is 60.2 Å². The second kappa shape index (κ2) is 12.9. The van der Waals surface area contributed by atoms with E-state index in [4.69, 9.17) is 18.9 Å². The number of unbranched alkanes of at least 4 members (excludes halogenated alkanes) is 1. The van der Waals surface area contributed by atoms with E-state index in [1.807, 2.05) is 0 Å². The van der Waals surface area contributed by atoms with Crippen LogP contribution in [0, 0.1) is 0 Å². The van der Waals surface area contributed by atoms with Crippen LogP contribution in [-0.2, 0) is 19.1 Å². The first kappa shape index (κ1) is 24.6. The molecular formula is C24H26O8. The SMILES string of the molecule is CCOC(=O)c1ccccc1OC(=O)CCCCC(=O)Oc1ccccc1C(=O)OCC. The van der Waals surface area contributed by atoms with Gasteiger partial charge in [-0.25, -0.2) is 9.59 Å². The largest absolute Gasteiger partial charge is 0.462 e. The molecule has 32 heavy (non-hydrogen) atoms. The van der Waals surface area contributed by atoms with Crippen LogP contribution in [0.4, 0.5) is 0 Å². The second-order valence-corrected chi connectivity index (χ2v) is 6.59. The van der Waals surface area contributed by atoms with Crippen molar-refractivity contribution in [3.63, 3.8) is 0 Å². The molecule has 0 amide bonds. The quantitative estimate of drug-likeness (QED) is 0.291. The lowest BCUT2D eigenvalue weighted by atomic mass is 10.2. The molecule has 2 rings (SSSR count). The average Bonchev–Trinajstić information content (AvgIpc) is 2.78. The van der Waals surface area contributed by atoms with Crippen molar-refractivity contribution in [3.8, 4) is 11.5 Å². The van der Waals surface area contributed by atoms with Gasteiger partial charge in [0.25, 0.3) is 0 Å². The zero-order chi connectivity index (χ0) is 23.3. The Morgan fingerprint density at radius 1 is 0.625 bits per heavy atom. The van der Waals surface area contributed by atoms with Crippen LogP contribution < -0.4 is 9.47 Å². The molecule has 0 aliphatic carbocycles. The Bertz CT molecular complexity index is 873. The Morgan fingerprint density at radius 3 is 1.38 bits per heavy atom. The predicted octanol–water partition coefficient (Wildman–Crippen LogP) is 4.11. The zero-order valence-corrected chi connectivity index (χ0v) is 18.1. The molecule has 8 heteroatoms. The van der Waals surface area contributed by atoms with E-state index < -0.39 is 23.9 Å². The number of esters is 4. The molecule has 0 N–H and O–H groups in total. The van der Waals surface area contributed by atoms with E-state index in [1.165, 1.54) is 24.3 Å². The number of carbonyl (C=O) groups excluding carboxylic acids is 4. The highest BCUT2D eigenvalue weighted by molar-refractivity contribution is 5.94. The fourth-order valence-corrected chi connectivity index (χ4v) is 2.75. The summed E-state index contributed by atoms with van der Waals surface area (Å²) < 4.78 is 20.4. The predicted molar refractivity (Wildman–Crippen MR) is 115 cm³/mol. The van der Waals surface area contributed by atoms with E-state index in [0.29, 0.717) is 12.8 Å². The first-order valence-electron chi connectivity index (χ1n) is 10.4. The molecule has 0 saturated carbocycles. The Morgan fingerprint density at radius 2 is 1.00 bits per heavy atom. The zero-order valence-electron chi connectivity index (χ0n) is 18.1. The van der Waals surface area contributed by atoms with Crippen LogP contribution in [0.2, 0.25) is 0 Å². The molecule has 0 heterocycles. The Labute approximate surface area is 186 Å². The molecule has 0 saturated heterocycles. The number of carbonyl (C=O) groups is 4. The molecule has 2 aromatic carbocycles. The van der Waals surface area contributed by atoms with E-state index in [1.54, 1.807) is 38.1 Å². The molecule has 0 spiro atoms. The van der Waals surface area contributed by atoms with Crippen LogP contribution in [0.15, 0.2) is 48.5 Å². The summed E-state index contributed by atoms with van der Waals surface area (Å²) in [6.45, 7) is 3.79. The van der Waals surface area contributed by atoms with Crippen molar-refractivity contribution in [1.82, 2.24) is 0 Å². The standard InChI is InChI=1S/C24H26O8/c1-3-29-23(27)17-11-5-7-13-19(17)31-21(25)15-9-10-16-22(26)32-20-14-8-6-12-18(20)24(28)30-4-2/h5-8,11-14H,3-4,9-10,15-16H2,1-2H3. The van der Waals surface area contributed by atoms with Gasteiger partial charge in [-0.1, -0.05) is 24.3 Å². The van der Waals surface area contributed by atoms with Gasteiger partial charge >= 0.3 is 23.9 Å². The van der Waals surface area contributed by atoms with Crippen molar-refractivity contribution in [3.05, 3.63) is 59.7 Å². The minimum absolute atomic E-state index is 0.0594. The summed E-state index contributed by atoms with van der Waals surface area (Å²) in [5.74, 6) is -1.93.